The van der Waals surface area contributed by atoms with Crippen molar-refractivity contribution in [1.82, 2.24) is 10.2 Å². The maximum absolute atomic E-state index is 12.7. The van der Waals surface area contributed by atoms with Gasteiger partial charge in [-0.1, -0.05) is 6.07 Å². The number of carbonyl (C=O) groups is 2. The summed E-state index contributed by atoms with van der Waals surface area (Å²) in [5, 5.41) is 6.17. The lowest BCUT2D eigenvalue weighted by Crippen LogP contribution is -2.41. The molecule has 2 amide bonds. The Labute approximate surface area is 136 Å². The Morgan fingerprint density at radius 3 is 2.78 bits per heavy atom. The van der Waals surface area contributed by atoms with Crippen molar-refractivity contribution in [3.63, 3.8) is 0 Å². The molecule has 0 aromatic heterocycles. The van der Waals surface area contributed by atoms with Crippen LogP contribution in [0.4, 0.5) is 5.69 Å². The van der Waals surface area contributed by atoms with Crippen LogP contribution in [-0.4, -0.2) is 56.1 Å². The van der Waals surface area contributed by atoms with Gasteiger partial charge >= 0.3 is 0 Å². The molecule has 2 aliphatic heterocycles. The van der Waals surface area contributed by atoms with Gasteiger partial charge in [-0.15, -0.1) is 0 Å². The predicted octanol–water partition coefficient (Wildman–Crippen LogP) is 1.02. The molecule has 3 rings (SSSR count). The number of amides is 2. The number of morpholine rings is 1. The molecule has 0 saturated carbocycles. The van der Waals surface area contributed by atoms with Crippen molar-refractivity contribution in [2.75, 3.05) is 44.7 Å². The van der Waals surface area contributed by atoms with Crippen LogP contribution < -0.4 is 10.6 Å². The van der Waals surface area contributed by atoms with Gasteiger partial charge in [-0.05, 0) is 37.6 Å². The van der Waals surface area contributed by atoms with Gasteiger partial charge in [-0.3, -0.25) is 9.59 Å². The van der Waals surface area contributed by atoms with Crippen LogP contribution in [0.25, 0.3) is 0 Å². The summed E-state index contributed by atoms with van der Waals surface area (Å²) >= 11 is 0. The molecule has 6 nitrogen and oxygen atoms in total. The monoisotopic (exact) mass is 317 g/mol. The lowest BCUT2D eigenvalue weighted by atomic mass is 10.0. The molecule has 23 heavy (non-hydrogen) atoms. The van der Waals surface area contributed by atoms with E-state index >= 15 is 0 Å². The maximum atomic E-state index is 12.7. The maximum Gasteiger partial charge on any atom is 0.254 e. The van der Waals surface area contributed by atoms with Crippen molar-refractivity contribution < 1.29 is 14.3 Å². The fourth-order valence-electron chi connectivity index (χ4n) is 3.05. The summed E-state index contributed by atoms with van der Waals surface area (Å²) in [6, 6.07) is 5.49. The number of ether oxygens (including phenoxy) is 1. The van der Waals surface area contributed by atoms with Crippen LogP contribution in [0, 0.1) is 12.8 Å². The van der Waals surface area contributed by atoms with Crippen molar-refractivity contribution in [1.29, 1.82) is 0 Å². The van der Waals surface area contributed by atoms with E-state index in [1.165, 1.54) is 0 Å². The van der Waals surface area contributed by atoms with Crippen molar-refractivity contribution in [3.05, 3.63) is 29.3 Å². The Hall–Kier alpha value is -1.92. The molecule has 2 N–H and O–H groups in total. The first-order chi connectivity index (χ1) is 11.2. The van der Waals surface area contributed by atoms with Gasteiger partial charge in [0.2, 0.25) is 5.91 Å². The summed E-state index contributed by atoms with van der Waals surface area (Å²) in [6.07, 6.45) is 0.858. The fourth-order valence-corrected chi connectivity index (χ4v) is 3.05. The van der Waals surface area contributed by atoms with Crippen LogP contribution in [0.15, 0.2) is 18.2 Å². The van der Waals surface area contributed by atoms with E-state index in [4.69, 9.17) is 4.74 Å². The van der Waals surface area contributed by atoms with E-state index in [0.717, 1.165) is 30.8 Å². The summed E-state index contributed by atoms with van der Waals surface area (Å²) in [7, 11) is 0. The van der Waals surface area contributed by atoms with E-state index in [1.807, 2.05) is 25.1 Å². The van der Waals surface area contributed by atoms with E-state index in [2.05, 4.69) is 10.6 Å². The molecule has 0 aliphatic carbocycles. The molecule has 1 unspecified atom stereocenters. The van der Waals surface area contributed by atoms with E-state index in [1.54, 1.807) is 4.90 Å². The van der Waals surface area contributed by atoms with E-state index in [9.17, 15) is 9.59 Å². The second-order valence-corrected chi connectivity index (χ2v) is 6.06. The summed E-state index contributed by atoms with van der Waals surface area (Å²) in [5.74, 6) is 0.0338. The minimum atomic E-state index is 0.00410. The highest BCUT2D eigenvalue weighted by molar-refractivity contribution is 6.00. The Morgan fingerprint density at radius 2 is 2.09 bits per heavy atom. The molecule has 2 aliphatic rings. The molecular weight excluding hydrogens is 294 g/mol. The van der Waals surface area contributed by atoms with Crippen LogP contribution >= 0.6 is 0 Å². The highest BCUT2D eigenvalue weighted by Crippen LogP contribution is 2.22. The fraction of sp³-hybridized carbons (Fsp3) is 0.529. The van der Waals surface area contributed by atoms with Gasteiger partial charge in [-0.25, -0.2) is 0 Å². The Balaban J connectivity index is 1.74. The second kappa shape index (κ2) is 7.10. The lowest BCUT2D eigenvalue weighted by Gasteiger charge is -2.27. The zero-order chi connectivity index (χ0) is 16.2. The molecule has 1 aromatic carbocycles. The predicted molar refractivity (Wildman–Crippen MR) is 87.5 cm³/mol. The van der Waals surface area contributed by atoms with Gasteiger partial charge in [0.15, 0.2) is 0 Å². The first-order valence-electron chi connectivity index (χ1n) is 8.15. The standard InChI is InChI=1S/C17H23N3O3/c1-12-14(17(22)20-7-9-23-10-8-20)3-2-4-15(12)19-16(21)13-5-6-18-11-13/h2-4,13,18H,5-11H2,1H3,(H,19,21). The van der Waals surface area contributed by atoms with Gasteiger partial charge in [0.25, 0.3) is 5.91 Å². The number of rotatable bonds is 3. The first kappa shape index (κ1) is 16.0. The number of anilines is 1. The average Bonchev–Trinajstić information content (AvgIpc) is 3.11. The largest absolute Gasteiger partial charge is 0.378 e. The SMILES string of the molecule is Cc1c(NC(=O)C2CCNC2)cccc1C(=O)N1CCOCC1. The van der Waals surface area contributed by atoms with Crippen molar-refractivity contribution in [2.24, 2.45) is 5.92 Å². The van der Waals surface area contributed by atoms with Crippen molar-refractivity contribution in [3.8, 4) is 0 Å². The number of carbonyl (C=O) groups excluding carboxylic acids is 2. The van der Waals surface area contributed by atoms with E-state index in [0.29, 0.717) is 31.9 Å². The number of nitrogens with one attached hydrogen (secondary N) is 2. The Kier molecular flexibility index (Phi) is 4.93. The number of benzene rings is 1. The quantitative estimate of drug-likeness (QED) is 0.873. The smallest absolute Gasteiger partial charge is 0.254 e. The van der Waals surface area contributed by atoms with Gasteiger partial charge in [0, 0.05) is 30.9 Å². The molecular formula is C17H23N3O3. The third-order valence-corrected chi connectivity index (χ3v) is 4.55. The van der Waals surface area contributed by atoms with Gasteiger partial charge in [0.1, 0.15) is 0 Å². The normalized spacial score (nSPS) is 21.3. The summed E-state index contributed by atoms with van der Waals surface area (Å²) in [5.41, 5.74) is 2.19. The molecule has 0 bridgehead atoms. The van der Waals surface area contributed by atoms with Gasteiger partial charge in [-0.2, -0.15) is 0 Å². The van der Waals surface area contributed by atoms with Crippen molar-refractivity contribution in [2.45, 2.75) is 13.3 Å². The van der Waals surface area contributed by atoms with Gasteiger partial charge < -0.3 is 20.3 Å². The van der Waals surface area contributed by atoms with E-state index in [-0.39, 0.29) is 17.7 Å². The molecule has 6 heteroatoms. The van der Waals surface area contributed by atoms with Crippen molar-refractivity contribution >= 4 is 17.5 Å². The Bertz CT molecular complexity index is 591. The Morgan fingerprint density at radius 1 is 1.30 bits per heavy atom. The zero-order valence-corrected chi connectivity index (χ0v) is 13.4. The number of hydrogen-bond acceptors (Lipinski definition) is 4. The molecule has 2 heterocycles. The highest BCUT2D eigenvalue weighted by atomic mass is 16.5. The summed E-state index contributed by atoms with van der Waals surface area (Å²) < 4.78 is 5.29. The summed E-state index contributed by atoms with van der Waals surface area (Å²) in [4.78, 5) is 26.8. The molecule has 2 fully saturated rings. The first-order valence-corrected chi connectivity index (χ1v) is 8.15. The highest BCUT2D eigenvalue weighted by Gasteiger charge is 2.24. The minimum absolute atomic E-state index is 0.00410. The molecule has 124 valence electrons. The topological polar surface area (TPSA) is 70.7 Å². The number of hydrogen-bond donors (Lipinski definition) is 2. The summed E-state index contributed by atoms with van der Waals surface area (Å²) in [6.45, 7) is 5.87. The molecule has 2 saturated heterocycles. The van der Waals surface area contributed by atoms with Crippen LogP contribution in [-0.2, 0) is 9.53 Å². The van der Waals surface area contributed by atoms with E-state index < -0.39 is 0 Å². The van der Waals surface area contributed by atoms with Crippen LogP contribution in [0.3, 0.4) is 0 Å². The molecule has 1 atom stereocenters. The molecule has 1 aromatic rings. The van der Waals surface area contributed by atoms with Crippen LogP contribution in [0.2, 0.25) is 0 Å². The third-order valence-electron chi connectivity index (χ3n) is 4.55. The number of nitrogens with zero attached hydrogens (tertiary/aromatic N) is 1. The van der Waals surface area contributed by atoms with Crippen LogP contribution in [0.1, 0.15) is 22.3 Å². The third kappa shape index (κ3) is 3.54. The minimum Gasteiger partial charge on any atom is -0.378 e. The molecule has 0 radical (unpaired) electrons. The van der Waals surface area contributed by atoms with Gasteiger partial charge in [0.05, 0.1) is 19.1 Å². The lowest BCUT2D eigenvalue weighted by molar-refractivity contribution is -0.119. The van der Waals surface area contributed by atoms with Crippen LogP contribution in [0.5, 0.6) is 0 Å². The average molecular weight is 317 g/mol. The zero-order valence-electron chi connectivity index (χ0n) is 13.4. The molecule has 0 spiro atoms. The second-order valence-electron chi connectivity index (χ2n) is 6.06.